The van der Waals surface area contributed by atoms with Gasteiger partial charge >= 0.3 is 0 Å². The third-order valence-electron chi connectivity index (χ3n) is 3.85. The van der Waals surface area contributed by atoms with Gasteiger partial charge in [0.1, 0.15) is 0 Å². The minimum absolute atomic E-state index is 1.11. The molecule has 18 heavy (non-hydrogen) atoms. The maximum absolute atomic E-state index is 3.73. The molecule has 4 rings (SSSR count). The van der Waals surface area contributed by atoms with Crippen LogP contribution in [0.5, 0.6) is 0 Å². The molecule has 0 radical (unpaired) electrons. The Morgan fingerprint density at radius 2 is 1.61 bits per heavy atom. The molecule has 0 saturated carbocycles. The molecular formula is C16H10Br2. The largest absolute Gasteiger partial charge is 0.0577 e. The molecule has 0 N–H and O–H groups in total. The molecule has 0 unspecified atom stereocenters. The Kier molecular flexibility index (Phi) is 2.33. The average Bonchev–Trinajstić information content (AvgIpc) is 2.40. The predicted octanol–water partition coefficient (Wildman–Crippen LogP) is 4.92. The van der Waals surface area contributed by atoms with Crippen LogP contribution in [0.4, 0.5) is 0 Å². The Labute approximate surface area is 122 Å². The van der Waals surface area contributed by atoms with Crippen molar-refractivity contribution in [1.82, 2.24) is 0 Å². The van der Waals surface area contributed by atoms with Crippen LogP contribution in [-0.4, -0.2) is 0 Å². The summed E-state index contributed by atoms with van der Waals surface area (Å²) < 4.78 is 2.52. The lowest BCUT2D eigenvalue weighted by Crippen LogP contribution is -2.12. The van der Waals surface area contributed by atoms with Gasteiger partial charge in [0, 0.05) is 8.96 Å². The van der Waals surface area contributed by atoms with E-state index in [0.29, 0.717) is 0 Å². The number of halogens is 2. The van der Waals surface area contributed by atoms with Crippen molar-refractivity contribution in [2.24, 2.45) is 0 Å². The number of aryl methyl sites for hydroxylation is 1. The molecule has 0 heterocycles. The molecule has 0 nitrogen and oxygen atoms in total. The molecule has 0 atom stereocenters. The summed E-state index contributed by atoms with van der Waals surface area (Å²) in [6.07, 6.45) is 2.25. The minimum Gasteiger partial charge on any atom is -0.0577 e. The van der Waals surface area contributed by atoms with Gasteiger partial charge < -0.3 is 0 Å². The molecule has 0 fully saturated rings. The normalized spacial score (nSPS) is 14.7. The fourth-order valence-electron chi connectivity index (χ4n) is 3.00. The van der Waals surface area contributed by atoms with Gasteiger partial charge in [-0.2, -0.15) is 0 Å². The zero-order valence-electron chi connectivity index (χ0n) is 9.63. The van der Waals surface area contributed by atoms with E-state index < -0.39 is 0 Å². The highest BCUT2D eigenvalue weighted by molar-refractivity contribution is 9.14. The number of rotatable bonds is 0. The van der Waals surface area contributed by atoms with Crippen molar-refractivity contribution < 1.29 is 0 Å². The number of benzene rings is 3. The van der Waals surface area contributed by atoms with E-state index in [0.717, 1.165) is 12.8 Å². The average molecular weight is 362 g/mol. The molecule has 0 saturated heterocycles. The molecule has 0 bridgehead atoms. The van der Waals surface area contributed by atoms with Gasteiger partial charge in [-0.05, 0) is 51.2 Å². The van der Waals surface area contributed by atoms with E-state index in [-0.39, 0.29) is 0 Å². The van der Waals surface area contributed by atoms with Crippen LogP contribution in [0.25, 0.3) is 26.0 Å². The fraction of sp³-hybridized carbons (Fsp3) is 0.125. The Morgan fingerprint density at radius 1 is 0.778 bits per heavy atom. The summed E-state index contributed by atoms with van der Waals surface area (Å²) in [5.74, 6) is 0. The predicted molar refractivity (Wildman–Crippen MR) is 85.0 cm³/mol. The lowest BCUT2D eigenvalue weighted by atomic mass is 9.90. The summed E-state index contributed by atoms with van der Waals surface area (Å²) in [5.41, 5.74) is 1.48. The van der Waals surface area contributed by atoms with E-state index in [9.17, 15) is 0 Å². The first kappa shape index (κ1) is 11.0. The van der Waals surface area contributed by atoms with E-state index in [4.69, 9.17) is 0 Å². The summed E-state index contributed by atoms with van der Waals surface area (Å²) in [7, 11) is 0. The van der Waals surface area contributed by atoms with Gasteiger partial charge in [0.05, 0.1) is 0 Å². The number of hydrogen-bond donors (Lipinski definition) is 0. The molecule has 3 aromatic carbocycles. The Morgan fingerprint density at radius 3 is 2.50 bits per heavy atom. The Bertz CT molecular complexity index is 847. The summed E-state index contributed by atoms with van der Waals surface area (Å²) in [5, 5.41) is 6.85. The molecule has 1 aliphatic carbocycles. The van der Waals surface area contributed by atoms with Gasteiger partial charge in [-0.25, -0.2) is 0 Å². The third kappa shape index (κ3) is 1.36. The van der Waals surface area contributed by atoms with Crippen molar-refractivity contribution in [3.8, 4) is 0 Å². The van der Waals surface area contributed by atoms with Crippen molar-refractivity contribution in [2.45, 2.75) is 12.8 Å². The van der Waals surface area contributed by atoms with Crippen LogP contribution in [0.1, 0.15) is 12.0 Å². The van der Waals surface area contributed by atoms with Crippen LogP contribution < -0.4 is 5.22 Å². The van der Waals surface area contributed by atoms with Crippen LogP contribution >= 0.6 is 31.9 Å². The van der Waals surface area contributed by atoms with Crippen LogP contribution in [0, 0.1) is 0 Å². The van der Waals surface area contributed by atoms with Crippen molar-refractivity contribution >= 4 is 57.9 Å². The molecule has 3 aromatic rings. The van der Waals surface area contributed by atoms with Crippen LogP contribution in [-0.2, 0) is 6.42 Å². The van der Waals surface area contributed by atoms with Gasteiger partial charge in [-0.3, -0.25) is 0 Å². The van der Waals surface area contributed by atoms with Crippen LogP contribution in [0.15, 0.2) is 40.9 Å². The SMILES string of the molecule is BrC1=c2ccc3ccc(Br)c4ccc(c2c34)CC1. The lowest BCUT2D eigenvalue weighted by molar-refractivity contribution is 1.03. The quantitative estimate of drug-likeness (QED) is 0.533. The lowest BCUT2D eigenvalue weighted by Gasteiger charge is -2.17. The molecule has 1 aliphatic rings. The van der Waals surface area contributed by atoms with Gasteiger partial charge in [-0.1, -0.05) is 62.2 Å². The molecule has 2 heteroatoms. The fourth-order valence-corrected chi connectivity index (χ4v) is 3.99. The molecular weight excluding hydrogens is 352 g/mol. The van der Waals surface area contributed by atoms with Crippen LogP contribution in [0.3, 0.4) is 0 Å². The first-order valence-corrected chi connectivity index (χ1v) is 7.65. The van der Waals surface area contributed by atoms with Crippen molar-refractivity contribution in [1.29, 1.82) is 0 Å². The van der Waals surface area contributed by atoms with E-state index >= 15 is 0 Å². The highest BCUT2D eigenvalue weighted by Gasteiger charge is 2.14. The first-order chi connectivity index (χ1) is 8.75. The summed E-state index contributed by atoms with van der Waals surface area (Å²) in [4.78, 5) is 0. The second-order valence-corrected chi connectivity index (χ2v) is 6.62. The molecule has 0 aliphatic heterocycles. The third-order valence-corrected chi connectivity index (χ3v) is 5.37. The highest BCUT2D eigenvalue weighted by atomic mass is 79.9. The zero-order valence-corrected chi connectivity index (χ0v) is 12.8. The Hall–Kier alpha value is -0.860. The zero-order chi connectivity index (χ0) is 12.3. The molecule has 0 amide bonds. The smallest absolute Gasteiger partial charge is 0.0254 e. The van der Waals surface area contributed by atoms with E-state index in [1.54, 1.807) is 0 Å². The van der Waals surface area contributed by atoms with Gasteiger partial charge in [0.2, 0.25) is 0 Å². The Balaban J connectivity index is 2.43. The van der Waals surface area contributed by atoms with Gasteiger partial charge in [0.15, 0.2) is 0 Å². The molecule has 0 aromatic heterocycles. The second kappa shape index (κ2) is 3.82. The molecule has 88 valence electrons. The summed E-state index contributed by atoms with van der Waals surface area (Å²) >= 11 is 7.40. The van der Waals surface area contributed by atoms with E-state index in [1.165, 1.54) is 41.3 Å². The maximum Gasteiger partial charge on any atom is 0.0254 e. The minimum atomic E-state index is 1.11. The van der Waals surface area contributed by atoms with Gasteiger partial charge in [-0.15, -0.1) is 0 Å². The monoisotopic (exact) mass is 360 g/mol. The standard InChI is InChI=1S/C16H10Br2/c17-13-8-4-10-2-6-12-14(18)7-3-9-1-5-11(13)16(10)15(9)12/h1-3,5-7H,4,8H2. The first-order valence-electron chi connectivity index (χ1n) is 6.07. The van der Waals surface area contributed by atoms with Crippen molar-refractivity contribution in [3.05, 3.63) is 51.7 Å². The highest BCUT2D eigenvalue weighted by Crippen LogP contribution is 2.35. The topological polar surface area (TPSA) is 0 Å². The summed E-state index contributed by atoms with van der Waals surface area (Å²) in [6.45, 7) is 0. The number of hydrogen-bond acceptors (Lipinski definition) is 0. The summed E-state index contributed by atoms with van der Waals surface area (Å²) in [6, 6.07) is 13.3. The second-order valence-electron chi connectivity index (χ2n) is 4.81. The van der Waals surface area contributed by atoms with E-state index in [1.807, 2.05) is 0 Å². The molecule has 0 spiro atoms. The van der Waals surface area contributed by atoms with E-state index in [2.05, 4.69) is 68.3 Å². The van der Waals surface area contributed by atoms with Crippen LogP contribution in [0.2, 0.25) is 0 Å². The van der Waals surface area contributed by atoms with Crippen molar-refractivity contribution in [3.63, 3.8) is 0 Å². The maximum atomic E-state index is 3.73. The van der Waals surface area contributed by atoms with Crippen molar-refractivity contribution in [2.75, 3.05) is 0 Å². The van der Waals surface area contributed by atoms with Gasteiger partial charge in [0.25, 0.3) is 0 Å².